The normalized spacial score (nSPS) is 11.1. The third kappa shape index (κ3) is 4.57. The number of benzene rings is 2. The number of hydrogen-bond acceptors (Lipinski definition) is 5. The molecule has 1 N–H and O–H groups in total. The first-order chi connectivity index (χ1) is 12.7. The summed E-state index contributed by atoms with van der Waals surface area (Å²) in [5, 5.41) is 14.3. The molecule has 140 valence electrons. The van der Waals surface area contributed by atoms with Crippen LogP contribution in [0.1, 0.15) is 20.8 Å². The molecule has 6 nitrogen and oxygen atoms in total. The van der Waals surface area contributed by atoms with E-state index in [1.54, 1.807) is 34.9 Å². The fourth-order valence-corrected chi connectivity index (χ4v) is 3.52. The molecule has 0 fully saturated rings. The van der Waals surface area contributed by atoms with Gasteiger partial charge >= 0.3 is 29.6 Å². The van der Waals surface area contributed by atoms with E-state index in [-0.39, 0.29) is 41.2 Å². The van der Waals surface area contributed by atoms with Gasteiger partial charge in [0.15, 0.2) is 5.16 Å². The van der Waals surface area contributed by atoms with Gasteiger partial charge in [-0.2, -0.15) is 0 Å². The predicted octanol–water partition coefficient (Wildman–Crippen LogP) is -0.252. The molecule has 0 atom stereocenters. The van der Waals surface area contributed by atoms with E-state index in [2.05, 4.69) is 10.3 Å². The molecule has 1 amide bonds. The summed E-state index contributed by atoms with van der Waals surface area (Å²) in [6, 6.07) is 11.4. The number of amides is 1. The van der Waals surface area contributed by atoms with Gasteiger partial charge in [-0.25, -0.2) is 9.37 Å². The second kappa shape index (κ2) is 8.65. The number of carbonyl (C=O) groups excluding carboxylic acids is 2. The number of thioether (sulfide) groups is 1. The molecule has 1 aromatic heterocycles. The maximum absolute atomic E-state index is 14.8. The Labute approximate surface area is 187 Å². The summed E-state index contributed by atoms with van der Waals surface area (Å²) in [5.74, 6) is -2.12. The Morgan fingerprint density at radius 1 is 1.21 bits per heavy atom. The van der Waals surface area contributed by atoms with Gasteiger partial charge in [0.2, 0.25) is 5.91 Å². The van der Waals surface area contributed by atoms with Crippen molar-refractivity contribution in [3.05, 3.63) is 48.3 Å². The number of nitrogens with one attached hydrogen (secondary N) is 1. The molecule has 3 aromatic rings. The van der Waals surface area contributed by atoms with Gasteiger partial charge in [-0.05, 0) is 44.2 Å². The third-order valence-electron chi connectivity index (χ3n) is 3.88. The first kappa shape index (κ1) is 22.4. The summed E-state index contributed by atoms with van der Waals surface area (Å²) >= 11 is 0.978. The van der Waals surface area contributed by atoms with Crippen LogP contribution in [0, 0.1) is 5.82 Å². The summed E-state index contributed by atoms with van der Waals surface area (Å²) < 4.78 is 15.1. The van der Waals surface area contributed by atoms with Gasteiger partial charge in [0.1, 0.15) is 5.82 Å². The molecule has 0 aliphatic heterocycles. The molecule has 1 heterocycles. The maximum Gasteiger partial charge on any atom is 1.00 e. The second-order valence-electron chi connectivity index (χ2n) is 6.47. The number of halogens is 1. The number of carboxylic acids is 1. The minimum atomic E-state index is -1.26. The molecule has 0 saturated heterocycles. The van der Waals surface area contributed by atoms with E-state index in [1.165, 1.54) is 32.9 Å². The molecule has 28 heavy (non-hydrogen) atoms. The van der Waals surface area contributed by atoms with Gasteiger partial charge in [-0.15, -0.1) is 0 Å². The average molecular weight is 409 g/mol. The van der Waals surface area contributed by atoms with Crippen LogP contribution in [0.3, 0.4) is 0 Å². The number of anilines is 1. The van der Waals surface area contributed by atoms with Gasteiger partial charge in [-0.3, -0.25) is 9.36 Å². The van der Waals surface area contributed by atoms with Crippen molar-refractivity contribution >= 4 is 40.4 Å². The summed E-state index contributed by atoms with van der Waals surface area (Å²) in [5.41, 5.74) is 1.78. The Balaban J connectivity index is 0.00000280. The van der Waals surface area contributed by atoms with Gasteiger partial charge in [0.05, 0.1) is 27.4 Å². The van der Waals surface area contributed by atoms with Crippen LogP contribution in [0.25, 0.3) is 16.7 Å². The molecule has 0 bridgehead atoms. The molecule has 2 aromatic carbocycles. The number of rotatable bonds is 5. The number of carboxylic acid groups (broad SMARTS) is 1. The van der Waals surface area contributed by atoms with Crippen LogP contribution >= 0.6 is 11.8 Å². The number of imidazole rings is 1. The number of aliphatic carboxylic acids is 1. The van der Waals surface area contributed by atoms with Crippen molar-refractivity contribution < 1.29 is 48.6 Å². The zero-order chi connectivity index (χ0) is 19.8. The summed E-state index contributed by atoms with van der Waals surface area (Å²) in [6.45, 7) is 4.35. The van der Waals surface area contributed by atoms with Crippen LogP contribution in [0.2, 0.25) is 0 Å². The quantitative estimate of drug-likeness (QED) is 0.464. The van der Waals surface area contributed by atoms with E-state index >= 15 is 0 Å². The molecule has 0 saturated carbocycles. The van der Waals surface area contributed by atoms with E-state index in [9.17, 15) is 19.1 Å². The first-order valence-corrected chi connectivity index (χ1v) is 8.96. The van der Waals surface area contributed by atoms with Crippen LogP contribution in [0.5, 0.6) is 0 Å². The average Bonchev–Trinajstić information content (AvgIpc) is 2.91. The fraction of sp³-hybridized carbons (Fsp3) is 0.211. The van der Waals surface area contributed by atoms with Crippen molar-refractivity contribution in [2.24, 2.45) is 0 Å². The molecule has 0 aliphatic carbocycles. The standard InChI is InChI=1S/C19H18FN3O3S.Na/c1-11(24)21-12-8-9-15(13(20)10-12)23-16-7-5-4-6-14(16)22-18(23)27-19(2,3)17(25)26;/h4-10H,1-3H3,(H,21,24)(H,25,26);/q;+1/p-1. The van der Waals surface area contributed by atoms with Crippen LogP contribution in [0.15, 0.2) is 47.6 Å². The SMILES string of the molecule is CC(=O)Nc1ccc(-n2c(SC(C)(C)C(=O)[O-])nc3ccccc32)c(F)c1.[Na+]. The summed E-state index contributed by atoms with van der Waals surface area (Å²) in [7, 11) is 0. The number of aromatic nitrogens is 2. The number of fused-ring (bicyclic) bond motifs is 1. The predicted molar refractivity (Wildman–Crippen MR) is 100 cm³/mol. The van der Waals surface area contributed by atoms with Crippen molar-refractivity contribution in [3.63, 3.8) is 0 Å². The molecule has 0 radical (unpaired) electrons. The van der Waals surface area contributed by atoms with Crippen LogP contribution in [-0.2, 0) is 9.59 Å². The Hall–Kier alpha value is -1.87. The van der Waals surface area contributed by atoms with Crippen molar-refractivity contribution in [3.8, 4) is 5.69 Å². The zero-order valence-corrected chi connectivity index (χ0v) is 18.8. The minimum Gasteiger partial charge on any atom is -0.549 e. The van der Waals surface area contributed by atoms with Crippen LogP contribution < -0.4 is 40.0 Å². The molecule has 0 spiro atoms. The Morgan fingerprint density at radius 3 is 2.50 bits per heavy atom. The van der Waals surface area contributed by atoms with Crippen molar-refractivity contribution in [2.45, 2.75) is 30.7 Å². The van der Waals surface area contributed by atoms with Crippen LogP contribution in [-0.4, -0.2) is 26.2 Å². The fourth-order valence-electron chi connectivity index (χ4n) is 2.54. The summed E-state index contributed by atoms with van der Waals surface area (Å²) in [6.07, 6.45) is 0. The zero-order valence-electron chi connectivity index (χ0n) is 15.9. The Bertz CT molecular complexity index is 1050. The number of nitrogens with zero attached hydrogens (tertiary/aromatic N) is 2. The first-order valence-electron chi connectivity index (χ1n) is 8.14. The van der Waals surface area contributed by atoms with Crippen molar-refractivity contribution in [1.29, 1.82) is 0 Å². The minimum absolute atomic E-state index is 0. The van der Waals surface area contributed by atoms with E-state index in [4.69, 9.17) is 0 Å². The van der Waals surface area contributed by atoms with Gasteiger partial charge in [-0.1, -0.05) is 23.9 Å². The molecular formula is C19H17FN3NaO3S. The Morgan fingerprint density at radius 2 is 1.89 bits per heavy atom. The monoisotopic (exact) mass is 409 g/mol. The maximum atomic E-state index is 14.8. The molecule has 0 aliphatic rings. The van der Waals surface area contributed by atoms with E-state index in [0.29, 0.717) is 21.9 Å². The molecule has 3 rings (SSSR count). The number of para-hydroxylation sites is 2. The van der Waals surface area contributed by atoms with E-state index < -0.39 is 16.5 Å². The smallest absolute Gasteiger partial charge is 0.549 e. The molecule has 0 unspecified atom stereocenters. The largest absolute Gasteiger partial charge is 1.00 e. The number of carbonyl (C=O) groups is 2. The molecule has 9 heteroatoms. The molecular weight excluding hydrogens is 392 g/mol. The van der Waals surface area contributed by atoms with Gasteiger partial charge < -0.3 is 15.2 Å². The van der Waals surface area contributed by atoms with E-state index in [0.717, 1.165) is 11.8 Å². The topological polar surface area (TPSA) is 87.0 Å². The van der Waals surface area contributed by atoms with Crippen molar-refractivity contribution in [2.75, 3.05) is 5.32 Å². The Kier molecular flexibility index (Phi) is 6.93. The number of hydrogen-bond donors (Lipinski definition) is 1. The second-order valence-corrected chi connectivity index (χ2v) is 8.06. The van der Waals surface area contributed by atoms with Crippen molar-refractivity contribution in [1.82, 2.24) is 9.55 Å². The summed E-state index contributed by atoms with van der Waals surface area (Å²) in [4.78, 5) is 27.1. The van der Waals surface area contributed by atoms with Crippen LogP contribution in [0.4, 0.5) is 10.1 Å². The van der Waals surface area contributed by atoms with Gasteiger partial charge in [0.25, 0.3) is 0 Å². The third-order valence-corrected chi connectivity index (χ3v) is 5.01. The van der Waals surface area contributed by atoms with E-state index in [1.807, 2.05) is 0 Å². The van der Waals surface area contributed by atoms with Gasteiger partial charge in [0, 0.05) is 12.6 Å².